The van der Waals surface area contributed by atoms with Crippen molar-refractivity contribution in [3.05, 3.63) is 0 Å². The van der Waals surface area contributed by atoms with Crippen LogP contribution in [0.15, 0.2) is 0 Å². The summed E-state index contributed by atoms with van der Waals surface area (Å²) in [7, 11) is -5.43. The Kier molecular flexibility index (Phi) is 18.7. The minimum Gasteiger partial charge on any atom is -0.394 e. The molecule has 378 valence electrons. The lowest BCUT2D eigenvalue weighted by atomic mass is 9.94. The molecule has 0 unspecified atom stereocenters. The third kappa shape index (κ3) is 12.4. The maximum Gasteiger partial charge on any atom is 0.397 e. The Bertz CT molecular complexity index is 1670. The van der Waals surface area contributed by atoms with Gasteiger partial charge in [-0.3, -0.25) is 14.1 Å². The van der Waals surface area contributed by atoms with E-state index in [1.807, 2.05) is 0 Å². The summed E-state index contributed by atoms with van der Waals surface area (Å²) in [5, 5.41) is 144. The first-order chi connectivity index (χ1) is 30.4. The quantitative estimate of drug-likeness (QED) is 0.0639. The maximum atomic E-state index is 12.4. The Balaban J connectivity index is 1.51. The Labute approximate surface area is 368 Å². The van der Waals surface area contributed by atoms with Gasteiger partial charge in [0.15, 0.2) is 31.5 Å². The van der Waals surface area contributed by atoms with Gasteiger partial charge < -0.3 is 120 Å². The molecule has 65 heavy (non-hydrogen) atoms. The second-order valence-corrected chi connectivity index (χ2v) is 17.0. The molecule has 5 rings (SSSR count). The second-order valence-electron chi connectivity index (χ2n) is 15.9. The molecule has 5 heterocycles. The first-order valence-electron chi connectivity index (χ1n) is 20.1. The minimum absolute atomic E-state index is 0.706. The van der Waals surface area contributed by atoms with Crippen molar-refractivity contribution in [1.82, 2.24) is 10.6 Å². The van der Waals surface area contributed by atoms with Gasteiger partial charge in [0, 0.05) is 13.8 Å². The van der Waals surface area contributed by atoms with Crippen molar-refractivity contribution in [3.8, 4) is 0 Å². The van der Waals surface area contributed by atoms with Crippen molar-refractivity contribution < 1.29 is 136 Å². The second kappa shape index (κ2) is 22.6. The lowest BCUT2D eigenvalue weighted by Crippen LogP contribution is -2.70. The van der Waals surface area contributed by atoms with Crippen molar-refractivity contribution in [3.63, 3.8) is 0 Å². The van der Waals surface area contributed by atoms with Crippen LogP contribution in [0.4, 0.5) is 0 Å². The van der Waals surface area contributed by atoms with Crippen molar-refractivity contribution in [2.45, 2.75) is 174 Å². The molecule has 16 N–H and O–H groups in total. The zero-order valence-electron chi connectivity index (χ0n) is 34.6. The molecule has 0 bridgehead atoms. The minimum atomic E-state index is -5.43. The van der Waals surface area contributed by atoms with Gasteiger partial charge in [0.2, 0.25) is 11.8 Å². The predicted octanol–water partition coefficient (Wildman–Crippen LogP) is -10.8. The van der Waals surface area contributed by atoms with Gasteiger partial charge in [0.1, 0.15) is 116 Å². The van der Waals surface area contributed by atoms with E-state index in [0.717, 1.165) is 13.8 Å². The molecule has 0 aliphatic carbocycles. The van der Waals surface area contributed by atoms with Crippen LogP contribution < -0.4 is 10.6 Å². The Morgan fingerprint density at radius 1 is 0.508 bits per heavy atom. The fraction of sp³-hybridized carbons (Fsp3) is 0.941. The zero-order valence-corrected chi connectivity index (χ0v) is 35.5. The van der Waals surface area contributed by atoms with Crippen LogP contribution in [0.1, 0.15) is 20.8 Å². The smallest absolute Gasteiger partial charge is 0.394 e. The fourth-order valence-corrected chi connectivity index (χ4v) is 8.39. The topological polar surface area (TPSA) is 468 Å². The van der Waals surface area contributed by atoms with Crippen LogP contribution >= 0.6 is 0 Å². The third-order valence-corrected chi connectivity index (χ3v) is 11.7. The van der Waals surface area contributed by atoms with Crippen molar-refractivity contribution in [2.24, 2.45) is 0 Å². The van der Waals surface area contributed by atoms with E-state index in [2.05, 4.69) is 14.8 Å². The number of carbonyl (C=O) groups excluding carboxylic acids is 2. The number of hydrogen-bond donors (Lipinski definition) is 16. The third-order valence-electron chi connectivity index (χ3n) is 11.3. The van der Waals surface area contributed by atoms with E-state index in [4.69, 9.17) is 42.6 Å². The van der Waals surface area contributed by atoms with Gasteiger partial charge in [-0.2, -0.15) is 8.42 Å². The molecule has 0 aromatic rings. The SMILES string of the molecule is CC(=O)N[C@@H]1[C@@H](O[C@@H]2O[C@H](CO)[C@H](O)[C@H](O[C@@H]3O[C@H](CO)[C@H](O)[C@H](OS(=O)(=O)O)[C@H]3O)[C@H]2O[C@@H]2O[C@@H](C)[C@@H](O)[C@@H](O)[C@@H]2O)[C@@H](O)[C@@H](CO[C@@H]2O[C@H](CO)[C@@H](O)[C@H](O)[C@H]2NC(C)=O)O[C@H]1O. The maximum absolute atomic E-state index is 12.4. The lowest BCUT2D eigenvalue weighted by Gasteiger charge is -2.51. The van der Waals surface area contributed by atoms with Gasteiger partial charge in [0.05, 0.1) is 32.5 Å². The number of nitrogens with one attached hydrogen (secondary N) is 2. The van der Waals surface area contributed by atoms with Crippen molar-refractivity contribution in [1.29, 1.82) is 0 Å². The number of aliphatic hydroxyl groups excluding tert-OH is 13. The number of amides is 2. The molecule has 5 aliphatic rings. The summed E-state index contributed by atoms with van der Waals surface area (Å²) < 4.78 is 88.7. The van der Waals surface area contributed by atoms with Crippen molar-refractivity contribution >= 4 is 22.2 Å². The first kappa shape index (κ1) is 53.9. The lowest BCUT2D eigenvalue weighted by molar-refractivity contribution is -0.400. The van der Waals surface area contributed by atoms with Crippen LogP contribution in [-0.2, 0) is 66.8 Å². The number of rotatable bonds is 16. The number of hydrogen-bond acceptors (Lipinski definition) is 27. The van der Waals surface area contributed by atoms with E-state index < -0.39 is 202 Å². The summed E-state index contributed by atoms with van der Waals surface area (Å²) in [6.45, 7) is -0.465. The predicted molar refractivity (Wildman–Crippen MR) is 199 cm³/mol. The highest BCUT2D eigenvalue weighted by Crippen LogP contribution is 2.37. The molecule has 0 saturated carbocycles. The largest absolute Gasteiger partial charge is 0.397 e. The van der Waals surface area contributed by atoms with Crippen LogP contribution in [0.3, 0.4) is 0 Å². The van der Waals surface area contributed by atoms with Gasteiger partial charge in [0.25, 0.3) is 0 Å². The normalized spacial score (nSPS) is 47.5. The molecule has 5 saturated heterocycles. The van der Waals surface area contributed by atoms with Gasteiger partial charge in [-0.25, -0.2) is 4.18 Å². The monoisotopic (exact) mass is 974 g/mol. The average Bonchev–Trinajstić information content (AvgIpc) is 3.23. The highest BCUT2D eigenvalue weighted by Gasteiger charge is 2.57. The van der Waals surface area contributed by atoms with E-state index in [1.165, 1.54) is 6.92 Å². The summed E-state index contributed by atoms with van der Waals surface area (Å²) >= 11 is 0. The molecule has 5 fully saturated rings. The van der Waals surface area contributed by atoms with E-state index >= 15 is 0 Å². The molecular weight excluding hydrogens is 916 g/mol. The molecular formula is C34H58N2O28S. The molecule has 31 heteroatoms. The summed E-state index contributed by atoms with van der Waals surface area (Å²) in [6.07, 6.45) is -44.7. The average molecular weight is 975 g/mol. The number of carbonyl (C=O) groups is 2. The van der Waals surface area contributed by atoms with Gasteiger partial charge in [-0.1, -0.05) is 0 Å². The first-order valence-corrected chi connectivity index (χ1v) is 21.5. The summed E-state index contributed by atoms with van der Waals surface area (Å²) in [5.41, 5.74) is 0. The van der Waals surface area contributed by atoms with Gasteiger partial charge in [-0.15, -0.1) is 0 Å². The van der Waals surface area contributed by atoms with Crippen LogP contribution in [0.5, 0.6) is 0 Å². The highest BCUT2D eigenvalue weighted by atomic mass is 32.3. The molecule has 2 amide bonds. The fourth-order valence-electron chi connectivity index (χ4n) is 7.89. The van der Waals surface area contributed by atoms with Crippen LogP contribution in [0.2, 0.25) is 0 Å². The van der Waals surface area contributed by atoms with E-state index in [-0.39, 0.29) is 0 Å². The molecule has 5 aliphatic heterocycles. The van der Waals surface area contributed by atoms with Gasteiger partial charge in [-0.05, 0) is 6.92 Å². The summed E-state index contributed by atoms with van der Waals surface area (Å²) in [4.78, 5) is 24.4. The Morgan fingerprint density at radius 3 is 1.55 bits per heavy atom. The van der Waals surface area contributed by atoms with E-state index in [9.17, 15) is 88.9 Å². The van der Waals surface area contributed by atoms with Crippen LogP contribution in [0, 0.1) is 0 Å². The van der Waals surface area contributed by atoms with Crippen molar-refractivity contribution in [2.75, 3.05) is 26.4 Å². The molecule has 0 aromatic carbocycles. The number of aliphatic hydroxyl groups is 13. The number of ether oxygens (including phenoxy) is 9. The highest BCUT2D eigenvalue weighted by molar-refractivity contribution is 7.80. The molecule has 0 radical (unpaired) electrons. The standard InChI is InChI=1S/C34H58N2O28S/c1-8-17(42)23(48)24(49)32(56-8)63-29-28(62-33-25(50)27(64-65(52,53)54)19(44)12(5-38)59-33)20(45)13(6-39)60-34(29)61-26-16(36-10(3)41)30(51)57-14(21(26)46)7-55-31-15(35-9(2)40)22(47)18(43)11(4-37)58-31/h8,11-34,37-39,42-51H,4-7H2,1-3H3,(H,35,40)(H,36,41)(H,52,53,54)/t8-,11+,12+,13+,14+,15+,16+,17+,18+,19-,20-,21-,22+,23+,24-,25+,26+,27-,28-,29+,30+,31+,32-,33-,34-/m0/s1. The molecule has 0 aromatic heterocycles. The van der Waals surface area contributed by atoms with Gasteiger partial charge >= 0.3 is 10.4 Å². The molecule has 0 spiro atoms. The summed E-state index contributed by atoms with van der Waals surface area (Å²) in [6, 6.07) is -3.22. The molecule has 30 nitrogen and oxygen atoms in total. The van der Waals surface area contributed by atoms with Crippen LogP contribution in [0.25, 0.3) is 0 Å². The van der Waals surface area contributed by atoms with E-state index in [0.29, 0.717) is 0 Å². The van der Waals surface area contributed by atoms with Crippen LogP contribution in [-0.4, -0.2) is 271 Å². The Morgan fingerprint density at radius 2 is 0.985 bits per heavy atom. The summed E-state index contributed by atoms with van der Waals surface area (Å²) in [5.74, 6) is -1.54. The Hall–Kier alpha value is -2.07. The zero-order chi connectivity index (χ0) is 48.4. The van der Waals surface area contributed by atoms with E-state index in [1.54, 1.807) is 0 Å². The molecule has 25 atom stereocenters.